The lowest BCUT2D eigenvalue weighted by Crippen LogP contribution is -2.79. The Morgan fingerprint density at radius 2 is 2.03 bits per heavy atom. The predicted molar refractivity (Wildman–Crippen MR) is 111 cm³/mol. The highest BCUT2D eigenvalue weighted by atomic mass is 16.8. The first-order valence-electron chi connectivity index (χ1n) is 11.2. The average molecular weight is 414 g/mol. The van der Waals surface area contributed by atoms with Gasteiger partial charge in [-0.2, -0.15) is 0 Å². The lowest BCUT2D eigenvalue weighted by atomic mass is 9.48. The number of fused-ring (bicyclic) bond motifs is 1. The molecule has 0 radical (unpaired) electrons. The van der Waals surface area contributed by atoms with Gasteiger partial charge < -0.3 is 24.1 Å². The second-order valence-corrected chi connectivity index (χ2v) is 9.78. The van der Waals surface area contributed by atoms with Crippen molar-refractivity contribution < 1.29 is 24.1 Å². The molecule has 2 aliphatic carbocycles. The third kappa shape index (κ3) is 2.13. The molecular weight excluding hydrogens is 382 g/mol. The summed E-state index contributed by atoms with van der Waals surface area (Å²) in [7, 11) is 1.68. The van der Waals surface area contributed by atoms with E-state index >= 15 is 0 Å². The van der Waals surface area contributed by atoms with Crippen LogP contribution in [0.5, 0.6) is 11.5 Å². The molecule has 2 saturated heterocycles. The van der Waals surface area contributed by atoms with Crippen LogP contribution in [0.15, 0.2) is 23.8 Å². The number of allylic oxidation sites excluding steroid dienone is 1. The second kappa shape index (κ2) is 6.22. The van der Waals surface area contributed by atoms with E-state index in [4.69, 9.17) is 18.9 Å². The van der Waals surface area contributed by atoms with Crippen LogP contribution < -0.4 is 9.47 Å². The molecule has 6 nitrogen and oxygen atoms in total. The molecule has 1 saturated carbocycles. The normalized spacial score (nSPS) is 37.6. The average Bonchev–Trinajstić information content (AvgIpc) is 3.33. The Balaban J connectivity index is 1.55. The van der Waals surface area contributed by atoms with Gasteiger partial charge in [-0.15, -0.1) is 0 Å². The van der Waals surface area contributed by atoms with E-state index in [1.54, 1.807) is 7.11 Å². The smallest absolute Gasteiger partial charge is 0.207 e. The van der Waals surface area contributed by atoms with Crippen molar-refractivity contribution in [2.24, 2.45) is 0 Å². The number of likely N-dealkylation sites (tertiary alicyclic amines) is 1. The summed E-state index contributed by atoms with van der Waals surface area (Å²) in [6, 6.07) is 4.23. The van der Waals surface area contributed by atoms with E-state index in [9.17, 15) is 5.11 Å². The summed E-state index contributed by atoms with van der Waals surface area (Å²) in [6.45, 7) is 7.20. The Morgan fingerprint density at radius 3 is 2.77 bits per heavy atom. The molecule has 3 fully saturated rings. The number of ether oxygens (including phenoxy) is 4. The fourth-order valence-electron chi connectivity index (χ4n) is 7.02. The largest absolute Gasteiger partial charge is 0.493 e. The van der Waals surface area contributed by atoms with Gasteiger partial charge in [-0.3, -0.25) is 4.90 Å². The third-order valence-corrected chi connectivity index (χ3v) is 8.29. The zero-order chi connectivity index (χ0) is 20.7. The molecule has 4 atom stereocenters. The van der Waals surface area contributed by atoms with E-state index < -0.39 is 16.8 Å². The molecule has 1 aromatic rings. The highest BCUT2D eigenvalue weighted by molar-refractivity contribution is 5.63. The molecule has 3 heterocycles. The summed E-state index contributed by atoms with van der Waals surface area (Å²) in [5, 5.41) is 12.5. The van der Waals surface area contributed by atoms with E-state index in [-0.39, 0.29) is 12.1 Å². The van der Waals surface area contributed by atoms with Gasteiger partial charge in [0.2, 0.25) is 5.79 Å². The van der Waals surface area contributed by atoms with Crippen LogP contribution in [-0.2, 0) is 21.3 Å². The van der Waals surface area contributed by atoms with Crippen molar-refractivity contribution >= 4 is 0 Å². The number of aliphatic hydroxyl groups is 1. The molecular formula is C24H31NO5. The summed E-state index contributed by atoms with van der Waals surface area (Å²) >= 11 is 0. The lowest BCUT2D eigenvalue weighted by Gasteiger charge is -2.65. The zero-order valence-electron chi connectivity index (χ0n) is 18.1. The van der Waals surface area contributed by atoms with Crippen molar-refractivity contribution in [2.45, 2.75) is 68.5 Å². The van der Waals surface area contributed by atoms with Gasteiger partial charge in [0, 0.05) is 24.6 Å². The SMILES string of the molecule is COc1ccc2c3c1OC1C4(CCC5(O)[C@@H](C2)N(CC=C(C)C)CC[C@]315)OCCO4. The van der Waals surface area contributed by atoms with Crippen LogP contribution in [0.3, 0.4) is 0 Å². The van der Waals surface area contributed by atoms with Gasteiger partial charge >= 0.3 is 0 Å². The van der Waals surface area contributed by atoms with Gasteiger partial charge in [0.05, 0.1) is 31.3 Å². The molecule has 2 bridgehead atoms. The molecule has 0 aromatic heterocycles. The van der Waals surface area contributed by atoms with Crippen molar-refractivity contribution in [1.82, 2.24) is 4.90 Å². The summed E-state index contributed by atoms with van der Waals surface area (Å²) in [4.78, 5) is 2.47. The second-order valence-electron chi connectivity index (χ2n) is 9.78. The van der Waals surface area contributed by atoms with E-state index in [1.165, 1.54) is 11.1 Å². The first kappa shape index (κ1) is 19.1. The Kier molecular flexibility index (Phi) is 3.96. The molecule has 30 heavy (non-hydrogen) atoms. The van der Waals surface area contributed by atoms with Crippen LogP contribution in [0.25, 0.3) is 0 Å². The summed E-state index contributed by atoms with van der Waals surface area (Å²) in [5.41, 5.74) is 2.31. The quantitative estimate of drug-likeness (QED) is 0.769. The first-order chi connectivity index (χ1) is 14.5. The summed E-state index contributed by atoms with van der Waals surface area (Å²) < 4.78 is 24.8. The number of rotatable bonds is 3. The summed E-state index contributed by atoms with van der Waals surface area (Å²) in [5.74, 6) is 0.741. The molecule has 1 N–H and O–H groups in total. The van der Waals surface area contributed by atoms with E-state index in [0.717, 1.165) is 43.0 Å². The molecule has 6 rings (SSSR count). The van der Waals surface area contributed by atoms with Crippen molar-refractivity contribution in [1.29, 1.82) is 0 Å². The van der Waals surface area contributed by atoms with Gasteiger partial charge in [-0.05, 0) is 51.3 Å². The zero-order valence-corrected chi connectivity index (χ0v) is 18.1. The summed E-state index contributed by atoms with van der Waals surface area (Å²) in [6.07, 6.45) is 4.86. The lowest BCUT2D eigenvalue weighted by molar-refractivity contribution is -0.296. The standard InChI is InChI=1S/C24H31NO5/c1-15(2)6-10-25-11-9-22-19-16-4-5-17(27-3)20(19)30-21(22)24(28-12-13-29-24)8-7-23(22,26)18(25)14-16/h4-6,18,21,26H,7-14H2,1-3H3/t18-,21?,22+,23?/m1/s1. The van der Waals surface area contributed by atoms with Crippen molar-refractivity contribution in [3.8, 4) is 11.5 Å². The van der Waals surface area contributed by atoms with Crippen LogP contribution in [-0.4, -0.2) is 67.0 Å². The Labute approximate surface area is 177 Å². The molecule has 3 aliphatic heterocycles. The predicted octanol–water partition coefficient (Wildman–Crippen LogP) is 2.56. The maximum absolute atomic E-state index is 12.5. The van der Waals surface area contributed by atoms with E-state index in [0.29, 0.717) is 26.1 Å². The molecule has 162 valence electrons. The van der Waals surface area contributed by atoms with Gasteiger partial charge in [-0.25, -0.2) is 0 Å². The van der Waals surface area contributed by atoms with Crippen molar-refractivity contribution in [3.63, 3.8) is 0 Å². The minimum absolute atomic E-state index is 0.0542. The van der Waals surface area contributed by atoms with Gasteiger partial charge in [0.15, 0.2) is 17.6 Å². The van der Waals surface area contributed by atoms with Gasteiger partial charge in [0.1, 0.15) is 0 Å². The monoisotopic (exact) mass is 413 g/mol. The number of benzene rings is 1. The topological polar surface area (TPSA) is 60.4 Å². The Bertz CT molecular complexity index is 918. The minimum Gasteiger partial charge on any atom is -0.493 e. The van der Waals surface area contributed by atoms with Crippen LogP contribution >= 0.6 is 0 Å². The number of methoxy groups -OCH3 is 1. The maximum Gasteiger partial charge on any atom is 0.207 e. The maximum atomic E-state index is 12.5. The van der Waals surface area contributed by atoms with Crippen LogP contribution in [0.1, 0.15) is 44.2 Å². The Morgan fingerprint density at radius 1 is 1.23 bits per heavy atom. The molecule has 0 amide bonds. The molecule has 6 heteroatoms. The number of nitrogens with zero attached hydrogens (tertiary/aromatic N) is 1. The highest BCUT2D eigenvalue weighted by Gasteiger charge is 2.77. The van der Waals surface area contributed by atoms with Crippen molar-refractivity contribution in [2.75, 3.05) is 33.4 Å². The van der Waals surface area contributed by atoms with Crippen LogP contribution in [0, 0.1) is 0 Å². The van der Waals surface area contributed by atoms with Crippen LogP contribution in [0.4, 0.5) is 0 Å². The first-order valence-corrected chi connectivity index (χ1v) is 11.2. The van der Waals surface area contributed by atoms with Crippen LogP contribution in [0.2, 0.25) is 0 Å². The van der Waals surface area contributed by atoms with Gasteiger partial charge in [0.25, 0.3) is 0 Å². The van der Waals surface area contributed by atoms with Crippen molar-refractivity contribution in [3.05, 3.63) is 34.9 Å². The third-order valence-electron chi connectivity index (χ3n) is 8.29. The fourth-order valence-corrected chi connectivity index (χ4v) is 7.02. The molecule has 1 aromatic carbocycles. The van der Waals surface area contributed by atoms with E-state index in [1.807, 2.05) is 6.07 Å². The van der Waals surface area contributed by atoms with E-state index in [2.05, 4.69) is 30.9 Å². The van der Waals surface area contributed by atoms with Gasteiger partial charge in [-0.1, -0.05) is 17.7 Å². The Hall–Kier alpha value is -1.60. The minimum atomic E-state index is -0.878. The molecule has 5 aliphatic rings. The highest BCUT2D eigenvalue weighted by Crippen LogP contribution is 2.68. The molecule has 2 spiro atoms. The fraction of sp³-hybridized carbons (Fsp3) is 0.667. The number of piperidine rings is 1. The number of hydrogen-bond acceptors (Lipinski definition) is 6. The number of hydrogen-bond donors (Lipinski definition) is 1. The molecule has 2 unspecified atom stereocenters.